The minimum absolute atomic E-state index is 0.0944. The number of carboxylic acid groups (broad SMARTS) is 1. The van der Waals surface area contributed by atoms with E-state index in [2.05, 4.69) is 33.1 Å². The molecule has 0 spiro atoms. The van der Waals surface area contributed by atoms with Crippen molar-refractivity contribution in [2.75, 3.05) is 29.9 Å². The van der Waals surface area contributed by atoms with Crippen LogP contribution in [0.1, 0.15) is 52.5 Å². The highest BCUT2D eigenvalue weighted by Crippen LogP contribution is 2.28. The molecule has 1 aliphatic rings. The van der Waals surface area contributed by atoms with E-state index in [0.717, 1.165) is 37.3 Å². The van der Waals surface area contributed by atoms with Crippen LogP contribution in [0.2, 0.25) is 0 Å². The summed E-state index contributed by atoms with van der Waals surface area (Å²) in [5, 5.41) is 13.0. The molecule has 1 saturated heterocycles. The number of aromatic nitrogens is 3. The molecule has 0 saturated carbocycles. The van der Waals surface area contributed by atoms with Gasteiger partial charge in [-0.3, -0.25) is 19.1 Å². The van der Waals surface area contributed by atoms with Crippen molar-refractivity contribution in [1.29, 1.82) is 0 Å². The fraction of sp³-hybridized carbons (Fsp3) is 0.333. The number of piperazine rings is 1. The van der Waals surface area contributed by atoms with Gasteiger partial charge in [0.15, 0.2) is 0 Å². The number of hydrogen-bond donors (Lipinski definition) is 2. The molecule has 4 aromatic rings. The number of aromatic carboxylic acids is 1. The fourth-order valence-electron chi connectivity index (χ4n) is 5.43. The number of pyridine rings is 2. The topological polar surface area (TPSA) is 103 Å². The van der Waals surface area contributed by atoms with Gasteiger partial charge in [0.25, 0.3) is 5.56 Å². The Bertz CT molecular complexity index is 1570. The summed E-state index contributed by atoms with van der Waals surface area (Å²) < 4.78 is 1.62. The molecule has 5 rings (SSSR count). The number of carbonyl (C=O) groups is 1. The molecule has 39 heavy (non-hydrogen) atoms. The van der Waals surface area contributed by atoms with E-state index in [-0.39, 0.29) is 23.2 Å². The predicted molar refractivity (Wildman–Crippen MR) is 153 cm³/mol. The first-order valence-electron chi connectivity index (χ1n) is 13.2. The smallest absolute Gasteiger partial charge is 0.337 e. The van der Waals surface area contributed by atoms with Crippen molar-refractivity contribution < 1.29 is 9.90 Å². The average Bonchev–Trinajstić information content (AvgIpc) is 2.92. The SMILES string of the molecule is Cc1cc(C(C)Nc2ccccc2C(=O)O)c2nc(N3CCN(Cc4cccnc4)CC3C)c(C)c(=O)n2c1. The number of hydrogen-bond acceptors (Lipinski definition) is 7. The molecule has 2 N–H and O–H groups in total. The number of benzene rings is 1. The van der Waals surface area contributed by atoms with E-state index >= 15 is 0 Å². The first-order valence-corrected chi connectivity index (χ1v) is 13.2. The van der Waals surface area contributed by atoms with E-state index in [1.165, 1.54) is 5.56 Å². The van der Waals surface area contributed by atoms with Gasteiger partial charge < -0.3 is 15.3 Å². The minimum atomic E-state index is -0.997. The molecule has 202 valence electrons. The number of nitrogens with one attached hydrogen (secondary N) is 1. The van der Waals surface area contributed by atoms with E-state index in [1.54, 1.807) is 34.9 Å². The molecule has 1 aromatic carbocycles. The Kier molecular flexibility index (Phi) is 7.34. The summed E-state index contributed by atoms with van der Waals surface area (Å²) in [5.74, 6) is -0.292. The normalized spacial score (nSPS) is 16.8. The van der Waals surface area contributed by atoms with E-state index in [4.69, 9.17) is 4.98 Å². The molecular formula is C30H34N6O3. The predicted octanol–water partition coefficient (Wildman–Crippen LogP) is 4.29. The standard InChI is InChI=1S/C30H34N6O3/c1-19-14-25(22(4)32-26-10-6-5-9-24(26)30(38)39)28-33-27(21(3)29(37)36(28)16-19)35-13-12-34(17-20(35)2)18-23-8-7-11-31-15-23/h5-11,14-16,20,22,32H,12-13,17-18H2,1-4H3,(H,38,39). The zero-order valence-electron chi connectivity index (χ0n) is 22.8. The van der Waals surface area contributed by atoms with E-state index < -0.39 is 5.97 Å². The molecule has 9 heteroatoms. The van der Waals surface area contributed by atoms with Crippen molar-refractivity contribution in [3.8, 4) is 0 Å². The van der Waals surface area contributed by atoms with E-state index in [9.17, 15) is 14.7 Å². The third kappa shape index (κ3) is 5.35. The van der Waals surface area contributed by atoms with Gasteiger partial charge >= 0.3 is 5.97 Å². The number of carboxylic acids is 1. The van der Waals surface area contributed by atoms with Gasteiger partial charge in [-0.2, -0.15) is 0 Å². The third-order valence-electron chi connectivity index (χ3n) is 7.40. The van der Waals surface area contributed by atoms with Gasteiger partial charge in [0, 0.05) is 62.1 Å². The monoisotopic (exact) mass is 526 g/mol. The number of para-hydroxylation sites is 1. The highest BCUT2D eigenvalue weighted by molar-refractivity contribution is 5.94. The maximum Gasteiger partial charge on any atom is 0.337 e. The molecule has 2 unspecified atom stereocenters. The van der Waals surface area contributed by atoms with Crippen LogP contribution in [0.15, 0.2) is 65.8 Å². The van der Waals surface area contributed by atoms with Gasteiger partial charge in [0.1, 0.15) is 11.5 Å². The van der Waals surface area contributed by atoms with Crippen LogP contribution in [0, 0.1) is 13.8 Å². The van der Waals surface area contributed by atoms with Crippen molar-refractivity contribution in [2.45, 2.75) is 46.3 Å². The lowest BCUT2D eigenvalue weighted by Crippen LogP contribution is -2.52. The van der Waals surface area contributed by atoms with Gasteiger partial charge in [0.05, 0.1) is 17.2 Å². The lowest BCUT2D eigenvalue weighted by molar-refractivity contribution is 0.0698. The molecule has 9 nitrogen and oxygen atoms in total. The molecule has 0 aliphatic carbocycles. The van der Waals surface area contributed by atoms with Gasteiger partial charge in [-0.15, -0.1) is 0 Å². The van der Waals surface area contributed by atoms with Crippen LogP contribution in [0.25, 0.3) is 5.65 Å². The van der Waals surface area contributed by atoms with Crippen LogP contribution in [0.3, 0.4) is 0 Å². The van der Waals surface area contributed by atoms with E-state index in [1.807, 2.05) is 45.3 Å². The quantitative estimate of drug-likeness (QED) is 0.368. The summed E-state index contributed by atoms with van der Waals surface area (Å²) in [6.45, 7) is 11.2. The molecule has 4 heterocycles. The maximum absolute atomic E-state index is 13.6. The molecule has 1 aliphatic heterocycles. The Balaban J connectivity index is 1.48. The minimum Gasteiger partial charge on any atom is -0.478 e. The highest BCUT2D eigenvalue weighted by atomic mass is 16.4. The molecule has 0 amide bonds. The van der Waals surface area contributed by atoms with Crippen LogP contribution in [-0.2, 0) is 6.54 Å². The Morgan fingerprint density at radius 1 is 1.18 bits per heavy atom. The summed E-state index contributed by atoms with van der Waals surface area (Å²) in [5.41, 5.74) is 4.75. The Hall–Kier alpha value is -4.24. The molecular weight excluding hydrogens is 492 g/mol. The van der Waals surface area contributed by atoms with Crippen molar-refractivity contribution in [3.63, 3.8) is 0 Å². The number of anilines is 2. The second-order valence-corrected chi connectivity index (χ2v) is 10.4. The van der Waals surface area contributed by atoms with Gasteiger partial charge in [-0.1, -0.05) is 18.2 Å². The summed E-state index contributed by atoms with van der Waals surface area (Å²) in [6, 6.07) is 12.8. The lowest BCUT2D eigenvalue weighted by atomic mass is 10.1. The second kappa shape index (κ2) is 10.9. The number of aryl methyl sites for hydroxylation is 1. The van der Waals surface area contributed by atoms with Crippen LogP contribution in [-0.4, -0.2) is 56.0 Å². The highest BCUT2D eigenvalue weighted by Gasteiger charge is 2.28. The fourth-order valence-corrected chi connectivity index (χ4v) is 5.43. The second-order valence-electron chi connectivity index (χ2n) is 10.4. The zero-order valence-corrected chi connectivity index (χ0v) is 22.8. The number of rotatable bonds is 7. The van der Waals surface area contributed by atoms with Crippen molar-refractivity contribution in [1.82, 2.24) is 19.3 Å². The molecule has 0 bridgehead atoms. The average molecular weight is 527 g/mol. The Morgan fingerprint density at radius 2 is 1.97 bits per heavy atom. The summed E-state index contributed by atoms with van der Waals surface area (Å²) in [7, 11) is 0. The molecule has 0 radical (unpaired) electrons. The number of fused-ring (bicyclic) bond motifs is 1. The molecule has 3 aromatic heterocycles. The summed E-state index contributed by atoms with van der Waals surface area (Å²) in [6.07, 6.45) is 5.51. The number of nitrogens with zero attached hydrogens (tertiary/aromatic N) is 5. The first kappa shape index (κ1) is 26.4. The zero-order chi connectivity index (χ0) is 27.7. The Morgan fingerprint density at radius 3 is 2.69 bits per heavy atom. The van der Waals surface area contributed by atoms with E-state index in [0.29, 0.717) is 22.7 Å². The largest absolute Gasteiger partial charge is 0.478 e. The van der Waals surface area contributed by atoms with Gasteiger partial charge in [-0.05, 0) is 63.1 Å². The van der Waals surface area contributed by atoms with Crippen LogP contribution < -0.4 is 15.8 Å². The van der Waals surface area contributed by atoms with Gasteiger partial charge in [-0.25, -0.2) is 9.78 Å². The third-order valence-corrected chi connectivity index (χ3v) is 7.40. The van der Waals surface area contributed by atoms with Crippen LogP contribution in [0.4, 0.5) is 11.5 Å². The first-order chi connectivity index (χ1) is 18.7. The van der Waals surface area contributed by atoms with Crippen molar-refractivity contribution in [2.24, 2.45) is 0 Å². The van der Waals surface area contributed by atoms with Crippen LogP contribution in [0.5, 0.6) is 0 Å². The summed E-state index contributed by atoms with van der Waals surface area (Å²) in [4.78, 5) is 39.3. The van der Waals surface area contributed by atoms with Crippen molar-refractivity contribution in [3.05, 3.63) is 99.2 Å². The molecule has 2 atom stereocenters. The van der Waals surface area contributed by atoms with Gasteiger partial charge in [0.2, 0.25) is 0 Å². The summed E-state index contributed by atoms with van der Waals surface area (Å²) >= 11 is 0. The maximum atomic E-state index is 13.6. The van der Waals surface area contributed by atoms with Crippen molar-refractivity contribution >= 4 is 23.1 Å². The lowest BCUT2D eigenvalue weighted by Gasteiger charge is -2.41. The van der Waals surface area contributed by atoms with Crippen LogP contribution >= 0.6 is 0 Å². The molecule has 1 fully saturated rings. The Labute approximate surface area is 227 Å².